The summed E-state index contributed by atoms with van der Waals surface area (Å²) in [5, 5.41) is 10.6. The lowest BCUT2D eigenvalue weighted by molar-refractivity contribution is -0.385. The fraction of sp³-hybridized carbons (Fsp3) is 0.222. The number of aldehydes is 1. The molecule has 0 saturated carbocycles. The third-order valence-corrected chi connectivity index (χ3v) is 1.97. The molecule has 0 aliphatic rings. The number of hydrogen-bond donors (Lipinski definition) is 1. The summed E-state index contributed by atoms with van der Waals surface area (Å²) in [6, 6.07) is 4.38. The van der Waals surface area contributed by atoms with Crippen molar-refractivity contribution in [3.63, 3.8) is 0 Å². The minimum absolute atomic E-state index is 0.107. The van der Waals surface area contributed by atoms with E-state index in [4.69, 9.17) is 5.73 Å². The van der Waals surface area contributed by atoms with Gasteiger partial charge in [-0.25, -0.2) is 0 Å². The van der Waals surface area contributed by atoms with E-state index in [-0.39, 0.29) is 16.9 Å². The van der Waals surface area contributed by atoms with Gasteiger partial charge in [-0.2, -0.15) is 0 Å². The van der Waals surface area contributed by atoms with E-state index in [1.54, 1.807) is 13.0 Å². The molecule has 0 aromatic heterocycles. The van der Waals surface area contributed by atoms with Gasteiger partial charge in [0.05, 0.1) is 10.5 Å². The summed E-state index contributed by atoms with van der Waals surface area (Å²) in [6.07, 6.45) is 0.638. The highest BCUT2D eigenvalue weighted by Crippen LogP contribution is 2.30. The molecule has 5 nitrogen and oxygen atoms in total. The maximum atomic E-state index is 10.6. The highest BCUT2D eigenvalue weighted by atomic mass is 16.6. The molecule has 0 aliphatic carbocycles. The van der Waals surface area contributed by atoms with Crippen molar-refractivity contribution >= 4 is 17.7 Å². The second-order valence-electron chi connectivity index (χ2n) is 2.96. The number of anilines is 1. The molecule has 5 heteroatoms. The number of nitrogens with zero attached hydrogens (tertiary/aromatic N) is 1. The van der Waals surface area contributed by atoms with Crippen molar-refractivity contribution in [2.24, 2.45) is 0 Å². The summed E-state index contributed by atoms with van der Waals surface area (Å²) in [5.74, 6) is -0.559. The molecule has 0 saturated heterocycles. The predicted octanol–water partition coefficient (Wildman–Crippen LogP) is 1.48. The summed E-state index contributed by atoms with van der Waals surface area (Å²) in [5.41, 5.74) is 6.03. The van der Waals surface area contributed by atoms with Gasteiger partial charge in [-0.05, 0) is 6.07 Å². The normalized spacial score (nSPS) is 12.1. The number of carbonyl (C=O) groups excluding carboxylic acids is 1. The Labute approximate surface area is 80.7 Å². The molecule has 0 amide bonds. The van der Waals surface area contributed by atoms with Crippen LogP contribution < -0.4 is 5.73 Å². The molecule has 14 heavy (non-hydrogen) atoms. The van der Waals surface area contributed by atoms with Crippen LogP contribution >= 0.6 is 0 Å². The Hall–Kier alpha value is -1.91. The van der Waals surface area contributed by atoms with E-state index in [0.29, 0.717) is 6.29 Å². The second-order valence-corrected chi connectivity index (χ2v) is 2.96. The molecule has 0 aliphatic heterocycles. The summed E-state index contributed by atoms with van der Waals surface area (Å²) in [6.45, 7) is 1.58. The predicted molar refractivity (Wildman–Crippen MR) is 52.0 cm³/mol. The molecule has 0 heterocycles. The summed E-state index contributed by atoms with van der Waals surface area (Å²) < 4.78 is 0. The molecule has 0 radical (unpaired) electrons. The standard InChI is InChI=1S/C9H10N2O3/c1-6(5-12)9-7(10)3-2-4-8(9)11(13)14/h2-6H,10H2,1H3. The average molecular weight is 194 g/mol. The van der Waals surface area contributed by atoms with Gasteiger partial charge in [0.1, 0.15) is 6.29 Å². The first-order chi connectivity index (χ1) is 6.57. The zero-order valence-corrected chi connectivity index (χ0v) is 7.64. The fourth-order valence-electron chi connectivity index (χ4n) is 1.29. The van der Waals surface area contributed by atoms with Gasteiger partial charge in [0.25, 0.3) is 5.69 Å². The second kappa shape index (κ2) is 3.87. The van der Waals surface area contributed by atoms with E-state index in [0.717, 1.165) is 0 Å². The van der Waals surface area contributed by atoms with Gasteiger partial charge in [0.2, 0.25) is 0 Å². The molecular formula is C9H10N2O3. The summed E-state index contributed by atoms with van der Waals surface area (Å²) in [4.78, 5) is 20.6. The Morgan fingerprint density at radius 3 is 2.71 bits per heavy atom. The Kier molecular flexibility index (Phi) is 2.81. The maximum Gasteiger partial charge on any atom is 0.275 e. The Morgan fingerprint density at radius 2 is 2.21 bits per heavy atom. The molecule has 1 rings (SSSR count). The molecule has 1 aromatic rings. The molecule has 0 bridgehead atoms. The molecule has 1 aromatic carbocycles. The quantitative estimate of drug-likeness (QED) is 0.341. The van der Waals surface area contributed by atoms with E-state index >= 15 is 0 Å². The van der Waals surface area contributed by atoms with Crippen molar-refractivity contribution in [1.29, 1.82) is 0 Å². The van der Waals surface area contributed by atoms with E-state index < -0.39 is 10.8 Å². The van der Waals surface area contributed by atoms with E-state index in [2.05, 4.69) is 0 Å². The van der Waals surface area contributed by atoms with Gasteiger partial charge in [-0.15, -0.1) is 0 Å². The zero-order valence-electron chi connectivity index (χ0n) is 7.64. The van der Waals surface area contributed by atoms with Gasteiger partial charge >= 0.3 is 0 Å². The zero-order chi connectivity index (χ0) is 10.7. The Bertz CT molecular complexity index is 376. The summed E-state index contributed by atoms with van der Waals surface area (Å²) >= 11 is 0. The van der Waals surface area contributed by atoms with Crippen LogP contribution in [0.4, 0.5) is 11.4 Å². The van der Waals surface area contributed by atoms with Gasteiger partial charge in [0.15, 0.2) is 0 Å². The van der Waals surface area contributed by atoms with Crippen LogP contribution in [0.3, 0.4) is 0 Å². The number of hydrogen-bond acceptors (Lipinski definition) is 4. The van der Waals surface area contributed by atoms with Gasteiger partial charge in [0, 0.05) is 17.7 Å². The van der Waals surface area contributed by atoms with Gasteiger partial charge in [-0.1, -0.05) is 13.0 Å². The Balaban J connectivity index is 3.36. The minimum Gasteiger partial charge on any atom is -0.398 e. The first kappa shape index (κ1) is 10.2. The van der Waals surface area contributed by atoms with Gasteiger partial charge < -0.3 is 10.5 Å². The van der Waals surface area contributed by atoms with E-state index in [9.17, 15) is 14.9 Å². The van der Waals surface area contributed by atoms with Crippen LogP contribution in [0.25, 0.3) is 0 Å². The minimum atomic E-state index is -0.559. The lowest BCUT2D eigenvalue weighted by Crippen LogP contribution is -2.04. The molecule has 0 spiro atoms. The molecule has 74 valence electrons. The topological polar surface area (TPSA) is 86.2 Å². The number of benzene rings is 1. The number of nitrogens with two attached hydrogens (primary N) is 1. The van der Waals surface area contributed by atoms with Crippen molar-refractivity contribution in [2.45, 2.75) is 12.8 Å². The number of nitro groups is 1. The first-order valence-corrected chi connectivity index (χ1v) is 4.06. The molecule has 1 unspecified atom stereocenters. The van der Waals surface area contributed by atoms with Crippen molar-refractivity contribution in [1.82, 2.24) is 0 Å². The lowest BCUT2D eigenvalue weighted by atomic mass is 9.99. The largest absolute Gasteiger partial charge is 0.398 e. The van der Waals surface area contributed by atoms with E-state index in [1.807, 2.05) is 0 Å². The number of rotatable bonds is 3. The van der Waals surface area contributed by atoms with Crippen LogP contribution in [0.1, 0.15) is 18.4 Å². The highest BCUT2D eigenvalue weighted by molar-refractivity contribution is 5.71. The fourth-order valence-corrected chi connectivity index (χ4v) is 1.29. The smallest absolute Gasteiger partial charge is 0.275 e. The third kappa shape index (κ3) is 1.71. The van der Waals surface area contributed by atoms with Crippen molar-refractivity contribution in [3.8, 4) is 0 Å². The maximum absolute atomic E-state index is 10.6. The monoisotopic (exact) mass is 194 g/mol. The molecule has 1 atom stereocenters. The average Bonchev–Trinajstić information content (AvgIpc) is 2.16. The third-order valence-electron chi connectivity index (χ3n) is 1.97. The lowest BCUT2D eigenvalue weighted by Gasteiger charge is -2.07. The number of nitrogen functional groups attached to an aromatic ring is 1. The highest BCUT2D eigenvalue weighted by Gasteiger charge is 2.20. The molecular weight excluding hydrogens is 184 g/mol. The van der Waals surface area contributed by atoms with Crippen LogP contribution in [-0.4, -0.2) is 11.2 Å². The summed E-state index contributed by atoms with van der Waals surface area (Å²) in [7, 11) is 0. The van der Waals surface area contributed by atoms with Crippen molar-refractivity contribution in [2.75, 3.05) is 5.73 Å². The van der Waals surface area contributed by atoms with E-state index in [1.165, 1.54) is 12.1 Å². The van der Waals surface area contributed by atoms with Crippen molar-refractivity contribution in [3.05, 3.63) is 33.9 Å². The van der Waals surface area contributed by atoms with Crippen molar-refractivity contribution < 1.29 is 9.72 Å². The molecule has 2 N–H and O–H groups in total. The Morgan fingerprint density at radius 1 is 1.57 bits per heavy atom. The van der Waals surface area contributed by atoms with Crippen LogP contribution in [-0.2, 0) is 4.79 Å². The van der Waals surface area contributed by atoms with Crippen LogP contribution in [0.2, 0.25) is 0 Å². The van der Waals surface area contributed by atoms with Crippen LogP contribution in [0, 0.1) is 10.1 Å². The van der Waals surface area contributed by atoms with Crippen LogP contribution in [0.15, 0.2) is 18.2 Å². The SMILES string of the molecule is CC(C=O)c1c(N)cccc1[N+](=O)[O-]. The number of carbonyl (C=O) groups is 1. The number of nitro benzene ring substituents is 1. The van der Waals surface area contributed by atoms with Gasteiger partial charge in [-0.3, -0.25) is 10.1 Å². The first-order valence-electron chi connectivity index (χ1n) is 4.06. The van der Waals surface area contributed by atoms with Crippen LogP contribution in [0.5, 0.6) is 0 Å². The molecule has 0 fully saturated rings.